The van der Waals surface area contributed by atoms with Gasteiger partial charge in [0.25, 0.3) is 10.0 Å². The number of carbonyl (C=O) groups excluding carboxylic acids is 2. The summed E-state index contributed by atoms with van der Waals surface area (Å²) in [5.41, 5.74) is 0.909. The van der Waals surface area contributed by atoms with Gasteiger partial charge in [-0.3, -0.25) is 13.9 Å². The minimum atomic E-state index is -4.10. The second-order valence-corrected chi connectivity index (χ2v) is 11.7. The van der Waals surface area contributed by atoms with Gasteiger partial charge in [0.15, 0.2) is 0 Å². The first-order chi connectivity index (χ1) is 18.0. The fourth-order valence-corrected chi connectivity index (χ4v) is 5.88. The van der Waals surface area contributed by atoms with Crippen molar-refractivity contribution in [2.75, 3.05) is 10.8 Å². The van der Waals surface area contributed by atoms with E-state index >= 15 is 0 Å². The highest BCUT2D eigenvalue weighted by molar-refractivity contribution is 7.92. The van der Waals surface area contributed by atoms with E-state index in [9.17, 15) is 18.0 Å². The van der Waals surface area contributed by atoms with Gasteiger partial charge in [-0.05, 0) is 62.2 Å². The van der Waals surface area contributed by atoms with Crippen molar-refractivity contribution in [2.24, 2.45) is 0 Å². The molecule has 0 heterocycles. The SMILES string of the molecule is CC[C@@H](C(=O)NC(C)C)N(Cc1ccc(Cl)cc1Cl)C(=O)CN(c1ccccc1)S(=O)(=O)c1ccccc1. The van der Waals surface area contributed by atoms with Gasteiger partial charge < -0.3 is 10.2 Å². The molecule has 1 N–H and O–H groups in total. The van der Waals surface area contributed by atoms with E-state index in [2.05, 4.69) is 5.32 Å². The summed E-state index contributed by atoms with van der Waals surface area (Å²) in [5, 5.41) is 3.64. The lowest BCUT2D eigenvalue weighted by atomic mass is 10.1. The summed E-state index contributed by atoms with van der Waals surface area (Å²) in [5.74, 6) is -0.886. The Morgan fingerprint density at radius 3 is 2.08 bits per heavy atom. The number of para-hydroxylation sites is 1. The van der Waals surface area contributed by atoms with E-state index in [0.29, 0.717) is 27.7 Å². The van der Waals surface area contributed by atoms with Crippen LogP contribution in [-0.4, -0.2) is 43.8 Å². The van der Waals surface area contributed by atoms with Gasteiger partial charge in [-0.25, -0.2) is 8.42 Å². The number of carbonyl (C=O) groups is 2. The van der Waals surface area contributed by atoms with Crippen molar-refractivity contribution in [3.63, 3.8) is 0 Å². The van der Waals surface area contributed by atoms with Crippen LogP contribution < -0.4 is 9.62 Å². The van der Waals surface area contributed by atoms with Crippen molar-refractivity contribution in [2.45, 2.75) is 50.7 Å². The molecule has 0 unspecified atom stereocenters. The van der Waals surface area contributed by atoms with Crippen LogP contribution in [0.25, 0.3) is 0 Å². The monoisotopic (exact) mass is 575 g/mol. The van der Waals surface area contributed by atoms with E-state index in [4.69, 9.17) is 23.2 Å². The Bertz CT molecular complexity index is 1350. The average molecular weight is 577 g/mol. The molecule has 0 radical (unpaired) electrons. The summed E-state index contributed by atoms with van der Waals surface area (Å²) >= 11 is 12.5. The highest BCUT2D eigenvalue weighted by Crippen LogP contribution is 2.26. The third kappa shape index (κ3) is 7.28. The number of nitrogens with one attached hydrogen (secondary N) is 1. The molecule has 3 rings (SSSR count). The molecular formula is C28H31Cl2N3O4S. The number of rotatable bonds is 11. The fourth-order valence-electron chi connectivity index (χ4n) is 3.98. The standard InChI is InChI=1S/C28H31Cl2N3O4S/c1-4-26(28(35)31-20(2)3)32(18-21-15-16-22(29)17-25(21)30)27(34)19-33(23-11-7-5-8-12-23)38(36,37)24-13-9-6-10-14-24/h5-17,20,26H,4,18-19H2,1-3H3,(H,31,35)/t26-/m0/s1. The van der Waals surface area contributed by atoms with Crippen LogP contribution in [0, 0.1) is 0 Å². The van der Waals surface area contributed by atoms with Crippen molar-refractivity contribution in [3.8, 4) is 0 Å². The molecule has 1 atom stereocenters. The molecule has 3 aromatic carbocycles. The Labute approximate surface area is 234 Å². The predicted molar refractivity (Wildman–Crippen MR) is 152 cm³/mol. The molecule has 10 heteroatoms. The number of sulfonamides is 1. The van der Waals surface area contributed by atoms with Gasteiger partial charge in [0, 0.05) is 22.6 Å². The second kappa shape index (κ2) is 13.1. The van der Waals surface area contributed by atoms with Crippen molar-refractivity contribution >= 4 is 50.7 Å². The van der Waals surface area contributed by atoms with Crippen LogP contribution in [0.15, 0.2) is 83.8 Å². The number of hydrogen-bond donors (Lipinski definition) is 1. The summed E-state index contributed by atoms with van der Waals surface area (Å²) in [7, 11) is -4.10. The molecule has 2 amide bonds. The Morgan fingerprint density at radius 2 is 1.53 bits per heavy atom. The topological polar surface area (TPSA) is 86.8 Å². The van der Waals surface area contributed by atoms with E-state index in [-0.39, 0.29) is 23.4 Å². The molecule has 7 nitrogen and oxygen atoms in total. The molecular weight excluding hydrogens is 545 g/mol. The first kappa shape index (κ1) is 29.5. The largest absolute Gasteiger partial charge is 0.352 e. The minimum Gasteiger partial charge on any atom is -0.352 e. The van der Waals surface area contributed by atoms with Gasteiger partial charge in [0.05, 0.1) is 10.6 Å². The lowest BCUT2D eigenvalue weighted by Gasteiger charge is -2.33. The molecule has 0 spiro atoms. The number of amides is 2. The molecule has 0 aliphatic heterocycles. The Morgan fingerprint density at radius 1 is 0.921 bits per heavy atom. The van der Waals surface area contributed by atoms with E-state index in [1.54, 1.807) is 73.7 Å². The van der Waals surface area contributed by atoms with Crippen LogP contribution in [0.2, 0.25) is 10.0 Å². The second-order valence-electron chi connectivity index (χ2n) is 9.00. The molecule has 0 aromatic heterocycles. The van der Waals surface area contributed by atoms with Gasteiger partial charge >= 0.3 is 0 Å². The third-order valence-corrected chi connectivity index (χ3v) is 8.20. The maximum absolute atomic E-state index is 13.9. The lowest BCUT2D eigenvalue weighted by molar-refractivity contribution is -0.140. The van der Waals surface area contributed by atoms with Gasteiger partial charge in [-0.1, -0.05) is 72.6 Å². The molecule has 202 valence electrons. The number of nitrogens with zero attached hydrogens (tertiary/aromatic N) is 2. The number of benzene rings is 3. The van der Waals surface area contributed by atoms with Gasteiger partial charge in [-0.2, -0.15) is 0 Å². The smallest absolute Gasteiger partial charge is 0.264 e. The summed E-state index contributed by atoms with van der Waals surface area (Å²) in [6.45, 7) is 4.93. The van der Waals surface area contributed by atoms with E-state index < -0.39 is 28.5 Å². The van der Waals surface area contributed by atoms with Crippen molar-refractivity contribution in [3.05, 3.63) is 94.5 Å². The summed E-state index contributed by atoms with van der Waals surface area (Å²) in [6, 6.07) is 20.2. The van der Waals surface area contributed by atoms with Crippen LogP contribution in [-0.2, 0) is 26.2 Å². The summed E-state index contributed by atoms with van der Waals surface area (Å²) < 4.78 is 28.5. The molecule has 0 saturated carbocycles. The summed E-state index contributed by atoms with van der Waals surface area (Å²) in [4.78, 5) is 28.5. The zero-order valence-electron chi connectivity index (χ0n) is 21.5. The van der Waals surface area contributed by atoms with Crippen LogP contribution in [0.3, 0.4) is 0 Å². The average Bonchev–Trinajstić information content (AvgIpc) is 2.88. The molecule has 38 heavy (non-hydrogen) atoms. The predicted octanol–water partition coefficient (Wildman–Crippen LogP) is 5.52. The highest BCUT2D eigenvalue weighted by Gasteiger charge is 2.34. The zero-order valence-corrected chi connectivity index (χ0v) is 23.8. The quantitative estimate of drug-likeness (QED) is 0.326. The van der Waals surface area contributed by atoms with Crippen LogP contribution >= 0.6 is 23.2 Å². The van der Waals surface area contributed by atoms with Gasteiger partial charge in [0.1, 0.15) is 12.6 Å². The van der Waals surface area contributed by atoms with Crippen molar-refractivity contribution in [1.29, 1.82) is 0 Å². The van der Waals surface area contributed by atoms with E-state index in [0.717, 1.165) is 4.31 Å². The maximum Gasteiger partial charge on any atom is 0.264 e. The number of halogens is 2. The number of hydrogen-bond acceptors (Lipinski definition) is 4. The molecule has 0 aliphatic carbocycles. The molecule has 0 saturated heterocycles. The maximum atomic E-state index is 13.9. The van der Waals surface area contributed by atoms with Gasteiger partial charge in [0.2, 0.25) is 11.8 Å². The Kier molecular flexibility index (Phi) is 10.2. The molecule has 3 aromatic rings. The number of anilines is 1. The third-order valence-electron chi connectivity index (χ3n) is 5.83. The van der Waals surface area contributed by atoms with E-state index in [1.807, 2.05) is 13.8 Å². The highest BCUT2D eigenvalue weighted by atomic mass is 35.5. The van der Waals surface area contributed by atoms with Crippen LogP contribution in [0.4, 0.5) is 5.69 Å². The fraction of sp³-hybridized carbons (Fsp3) is 0.286. The van der Waals surface area contributed by atoms with Crippen molar-refractivity contribution < 1.29 is 18.0 Å². The van der Waals surface area contributed by atoms with Crippen LogP contribution in [0.5, 0.6) is 0 Å². The van der Waals surface area contributed by atoms with Crippen molar-refractivity contribution in [1.82, 2.24) is 10.2 Å². The first-order valence-electron chi connectivity index (χ1n) is 12.2. The molecule has 0 bridgehead atoms. The van der Waals surface area contributed by atoms with Crippen LogP contribution in [0.1, 0.15) is 32.8 Å². The molecule has 0 fully saturated rings. The zero-order chi connectivity index (χ0) is 27.9. The summed E-state index contributed by atoms with van der Waals surface area (Å²) in [6.07, 6.45) is 0.312. The Hall–Kier alpha value is -3.07. The first-order valence-corrected chi connectivity index (χ1v) is 14.4. The molecule has 0 aliphatic rings. The van der Waals surface area contributed by atoms with E-state index in [1.165, 1.54) is 17.0 Å². The van der Waals surface area contributed by atoms with Gasteiger partial charge in [-0.15, -0.1) is 0 Å². The minimum absolute atomic E-state index is 0.00707. The normalized spacial score (nSPS) is 12.2. The Balaban J connectivity index is 2.05. The lowest BCUT2D eigenvalue weighted by Crippen LogP contribution is -2.53.